The van der Waals surface area contributed by atoms with Crippen molar-refractivity contribution in [3.05, 3.63) is 29.8 Å². The molecule has 1 heterocycles. The Kier molecular flexibility index (Phi) is 4.52. The number of aliphatic carboxylic acids is 1. The number of aromatic hydroxyl groups is 1. The Morgan fingerprint density at radius 3 is 2.48 bits per heavy atom. The monoisotopic (exact) mass is 309 g/mol. The van der Waals surface area contributed by atoms with Gasteiger partial charge in [0.1, 0.15) is 5.75 Å². The Bertz CT molecular complexity index is 571. The van der Waals surface area contributed by atoms with Crippen molar-refractivity contribution in [3.63, 3.8) is 0 Å². The van der Waals surface area contributed by atoms with Crippen LogP contribution in [0.2, 0.25) is 0 Å². The molecule has 1 fully saturated rings. The van der Waals surface area contributed by atoms with E-state index in [1.165, 1.54) is 36.1 Å². The molecule has 1 unspecified atom stereocenters. The average Bonchev–Trinajstić information content (AvgIpc) is 2.71. The van der Waals surface area contributed by atoms with Crippen molar-refractivity contribution < 1.29 is 24.6 Å². The summed E-state index contributed by atoms with van der Waals surface area (Å²) in [5.74, 6) is -1.39. The molecule has 1 aromatic carbocycles. The van der Waals surface area contributed by atoms with Crippen molar-refractivity contribution in [2.75, 3.05) is 6.54 Å². The van der Waals surface area contributed by atoms with Crippen LogP contribution in [0, 0.1) is 0 Å². The number of carboxylic acids is 1. The molecule has 21 heavy (non-hydrogen) atoms. The molecular weight excluding hydrogens is 294 g/mol. The second-order valence-corrected chi connectivity index (χ2v) is 6.29. The lowest BCUT2D eigenvalue weighted by Gasteiger charge is -2.25. The highest BCUT2D eigenvalue weighted by atomic mass is 32.2. The van der Waals surface area contributed by atoms with Crippen LogP contribution in [0.3, 0.4) is 0 Å². The second kappa shape index (κ2) is 6.17. The Labute approximate surface area is 125 Å². The lowest BCUT2D eigenvalue weighted by Crippen LogP contribution is -2.35. The largest absolute Gasteiger partial charge is 0.508 e. The summed E-state index contributed by atoms with van der Waals surface area (Å²) >= 11 is 1.06. The van der Waals surface area contributed by atoms with Crippen molar-refractivity contribution in [1.82, 2.24) is 4.90 Å². The molecule has 0 spiro atoms. The van der Waals surface area contributed by atoms with Crippen LogP contribution < -0.4 is 0 Å². The fraction of sp³-hybridized carbons (Fsp3) is 0.357. The number of phenols is 1. The molecule has 0 bridgehead atoms. The highest BCUT2D eigenvalue weighted by molar-refractivity contribution is 8.14. The summed E-state index contributed by atoms with van der Waals surface area (Å²) in [5.41, 5.74) is 0.419. The van der Waals surface area contributed by atoms with Gasteiger partial charge < -0.3 is 15.1 Å². The second-order valence-electron chi connectivity index (χ2n) is 4.81. The molecule has 7 heteroatoms. The van der Waals surface area contributed by atoms with Gasteiger partial charge in [-0.05, 0) is 17.7 Å². The first kappa shape index (κ1) is 15.4. The standard InChI is InChI=1S/C14H15NO5S/c1-8(16)21-11-6-12(18)15(7-11)13(14(19)20)9-2-4-10(17)5-3-9/h2-5,11,13,17H,6-7H2,1H3,(H,19,20)/t11?,13-/m1/s1. The zero-order chi connectivity index (χ0) is 15.6. The number of phenolic OH excluding ortho intramolecular Hbond substituents is 1. The number of nitrogens with zero attached hydrogens (tertiary/aromatic N) is 1. The molecule has 1 aromatic rings. The van der Waals surface area contributed by atoms with E-state index >= 15 is 0 Å². The number of carbonyl (C=O) groups is 3. The molecule has 2 rings (SSSR count). The van der Waals surface area contributed by atoms with E-state index in [4.69, 9.17) is 0 Å². The molecule has 1 aliphatic heterocycles. The van der Waals surface area contributed by atoms with Crippen LogP contribution in [0.15, 0.2) is 24.3 Å². The molecule has 2 N–H and O–H groups in total. The number of benzene rings is 1. The summed E-state index contributed by atoms with van der Waals surface area (Å²) in [6.45, 7) is 1.65. The third-order valence-electron chi connectivity index (χ3n) is 3.21. The summed E-state index contributed by atoms with van der Waals surface area (Å²) in [6, 6.07) is 4.62. The van der Waals surface area contributed by atoms with Gasteiger partial charge in [0.15, 0.2) is 11.2 Å². The van der Waals surface area contributed by atoms with Crippen LogP contribution in [-0.2, 0) is 14.4 Å². The Hall–Kier alpha value is -2.02. The first-order valence-corrected chi connectivity index (χ1v) is 7.25. The Balaban J connectivity index is 2.23. The number of thioether (sulfide) groups is 1. The van der Waals surface area contributed by atoms with Crippen molar-refractivity contribution in [2.45, 2.75) is 24.6 Å². The van der Waals surface area contributed by atoms with Gasteiger partial charge in [0.25, 0.3) is 0 Å². The molecule has 0 radical (unpaired) electrons. The van der Waals surface area contributed by atoms with E-state index in [0.29, 0.717) is 5.56 Å². The molecule has 0 aromatic heterocycles. The van der Waals surface area contributed by atoms with Crippen LogP contribution in [0.5, 0.6) is 5.75 Å². The third kappa shape index (κ3) is 3.55. The fourth-order valence-corrected chi connectivity index (χ4v) is 3.30. The van der Waals surface area contributed by atoms with Crippen LogP contribution >= 0.6 is 11.8 Å². The highest BCUT2D eigenvalue weighted by Crippen LogP contribution is 2.32. The van der Waals surface area contributed by atoms with E-state index in [9.17, 15) is 24.6 Å². The number of carboxylic acid groups (broad SMARTS) is 1. The topological polar surface area (TPSA) is 94.9 Å². The SMILES string of the molecule is CC(=O)SC1CC(=O)N([C@@H](C(=O)O)c2ccc(O)cc2)C1. The molecule has 6 nitrogen and oxygen atoms in total. The van der Waals surface area contributed by atoms with Gasteiger partial charge in [0.05, 0.1) is 0 Å². The minimum atomic E-state index is -1.14. The maximum Gasteiger partial charge on any atom is 0.331 e. The first-order valence-electron chi connectivity index (χ1n) is 6.37. The molecular formula is C14H15NO5S. The van der Waals surface area contributed by atoms with Crippen molar-refractivity contribution in [3.8, 4) is 5.75 Å². The number of likely N-dealkylation sites (tertiary alicyclic amines) is 1. The lowest BCUT2D eigenvalue weighted by atomic mass is 10.1. The number of amides is 1. The summed E-state index contributed by atoms with van der Waals surface area (Å²) < 4.78 is 0. The molecule has 0 saturated carbocycles. The third-order valence-corrected chi connectivity index (χ3v) is 4.19. The van der Waals surface area contributed by atoms with E-state index in [-0.39, 0.29) is 35.0 Å². The van der Waals surface area contributed by atoms with E-state index < -0.39 is 12.0 Å². The minimum absolute atomic E-state index is 0.0284. The van der Waals surface area contributed by atoms with Crippen molar-refractivity contribution in [2.24, 2.45) is 0 Å². The normalized spacial score (nSPS) is 19.6. The number of hydrogen-bond donors (Lipinski definition) is 2. The lowest BCUT2D eigenvalue weighted by molar-refractivity contribution is -0.148. The predicted molar refractivity (Wildman–Crippen MR) is 76.9 cm³/mol. The minimum Gasteiger partial charge on any atom is -0.508 e. The van der Waals surface area contributed by atoms with Crippen LogP contribution in [-0.4, -0.2) is 43.9 Å². The molecule has 1 amide bonds. The van der Waals surface area contributed by atoms with Gasteiger partial charge in [-0.2, -0.15) is 0 Å². The quantitative estimate of drug-likeness (QED) is 0.873. The Morgan fingerprint density at radius 1 is 1.33 bits per heavy atom. The van der Waals surface area contributed by atoms with E-state index in [2.05, 4.69) is 0 Å². The highest BCUT2D eigenvalue weighted by Gasteiger charge is 2.39. The van der Waals surface area contributed by atoms with E-state index in [1.54, 1.807) is 0 Å². The number of carbonyl (C=O) groups excluding carboxylic acids is 2. The van der Waals surface area contributed by atoms with Gasteiger partial charge in [0.2, 0.25) is 5.91 Å². The zero-order valence-corrected chi connectivity index (χ0v) is 12.2. The molecule has 1 aliphatic rings. The molecule has 112 valence electrons. The van der Waals surface area contributed by atoms with E-state index in [0.717, 1.165) is 11.8 Å². The zero-order valence-electron chi connectivity index (χ0n) is 11.4. The van der Waals surface area contributed by atoms with Gasteiger partial charge >= 0.3 is 5.97 Å². The van der Waals surface area contributed by atoms with Crippen molar-refractivity contribution >= 4 is 28.8 Å². The molecule has 0 aliphatic carbocycles. The fourth-order valence-electron chi connectivity index (χ4n) is 2.37. The Morgan fingerprint density at radius 2 is 1.95 bits per heavy atom. The summed E-state index contributed by atoms with van der Waals surface area (Å²) in [7, 11) is 0. The van der Waals surface area contributed by atoms with Gasteiger partial charge in [-0.15, -0.1) is 0 Å². The maximum absolute atomic E-state index is 12.0. The van der Waals surface area contributed by atoms with E-state index in [1.807, 2.05) is 0 Å². The average molecular weight is 309 g/mol. The van der Waals surface area contributed by atoms with Gasteiger partial charge in [-0.1, -0.05) is 23.9 Å². The summed E-state index contributed by atoms with van der Waals surface area (Å²) in [4.78, 5) is 35.9. The van der Waals surface area contributed by atoms with Gasteiger partial charge in [-0.3, -0.25) is 9.59 Å². The molecule has 1 saturated heterocycles. The summed E-state index contributed by atoms with van der Waals surface area (Å²) in [6.07, 6.45) is 0.159. The summed E-state index contributed by atoms with van der Waals surface area (Å²) in [5, 5.41) is 18.4. The smallest absolute Gasteiger partial charge is 0.331 e. The molecule has 2 atom stereocenters. The van der Waals surface area contributed by atoms with Crippen LogP contribution in [0.1, 0.15) is 24.9 Å². The maximum atomic E-state index is 12.0. The number of hydrogen-bond acceptors (Lipinski definition) is 5. The number of rotatable bonds is 4. The van der Waals surface area contributed by atoms with Gasteiger partial charge in [-0.25, -0.2) is 4.79 Å². The van der Waals surface area contributed by atoms with Gasteiger partial charge in [0, 0.05) is 25.1 Å². The first-order chi connectivity index (χ1) is 9.88. The van der Waals surface area contributed by atoms with Crippen LogP contribution in [0.25, 0.3) is 0 Å². The predicted octanol–water partition coefficient (Wildman–Crippen LogP) is 1.40. The van der Waals surface area contributed by atoms with Crippen LogP contribution in [0.4, 0.5) is 0 Å². The van der Waals surface area contributed by atoms with Crippen molar-refractivity contribution in [1.29, 1.82) is 0 Å².